The van der Waals surface area contributed by atoms with E-state index < -0.39 is 5.69 Å². The number of nitrogens with two attached hydrogens (primary N) is 2. The first-order valence-electron chi connectivity index (χ1n) is 7.31. The zero-order chi connectivity index (χ0) is 18.8. The number of fused-ring (bicyclic) bond motifs is 2. The summed E-state index contributed by atoms with van der Waals surface area (Å²) in [6.45, 7) is 3.75. The number of aryl methyl sites for hydroxylation is 2. The van der Waals surface area contributed by atoms with E-state index >= 15 is 0 Å². The molecule has 148 valence electrons. The van der Waals surface area contributed by atoms with Crippen LogP contribution in [0.25, 0.3) is 22.2 Å². The maximum absolute atomic E-state index is 10.8. The fraction of sp³-hybridized carbons (Fsp3) is 0.250. The number of aromatic amines is 2. The van der Waals surface area contributed by atoms with Crippen molar-refractivity contribution in [3.05, 3.63) is 39.2 Å². The second kappa shape index (κ2) is 8.90. The van der Waals surface area contributed by atoms with E-state index in [4.69, 9.17) is 23.7 Å². The van der Waals surface area contributed by atoms with Crippen molar-refractivity contribution < 1.29 is 0 Å². The zero-order valence-corrected chi connectivity index (χ0v) is 14.6. The van der Waals surface area contributed by atoms with Gasteiger partial charge in [-0.05, 0) is 26.1 Å². The average molecular weight is 402 g/mol. The highest BCUT2D eigenvalue weighted by Crippen LogP contribution is 2.14. The van der Waals surface area contributed by atoms with E-state index in [1.54, 1.807) is 0 Å². The summed E-state index contributed by atoms with van der Waals surface area (Å²) in [5.74, 6) is 0.654. The molecule has 0 saturated heterocycles. The summed E-state index contributed by atoms with van der Waals surface area (Å²) >= 11 is 4.89. The molecule has 4 aromatic heterocycles. The van der Waals surface area contributed by atoms with Crippen LogP contribution in [0, 0.1) is 18.6 Å². The molecule has 0 aliphatic carbocycles. The minimum absolute atomic E-state index is 0. The van der Waals surface area contributed by atoms with Crippen LogP contribution < -0.4 is 17.2 Å². The monoisotopic (exact) mass is 402 g/mol. The van der Waals surface area contributed by atoms with E-state index in [2.05, 4.69) is 39.9 Å². The maximum Gasteiger partial charge on any atom is 0.348 e. The predicted molar refractivity (Wildman–Crippen MR) is 112 cm³/mol. The molecule has 0 bridgehead atoms. The van der Waals surface area contributed by atoms with Crippen LogP contribution in [0.5, 0.6) is 0 Å². The number of hydrogen-bond donors (Lipinski definition) is 4. The van der Waals surface area contributed by atoms with E-state index in [1.807, 2.05) is 13.8 Å². The molecular weight excluding hydrogens is 380 g/mol. The Hall–Kier alpha value is -3.54. The van der Waals surface area contributed by atoms with Crippen LogP contribution in [-0.4, -0.2) is 39.9 Å². The number of H-pyrrole nitrogens is 2. The molecule has 0 aliphatic heterocycles. The molecule has 0 amide bonds. The molecule has 0 spiro atoms. The fourth-order valence-corrected chi connectivity index (χ4v) is 2.25. The van der Waals surface area contributed by atoms with Gasteiger partial charge in [-0.25, -0.2) is 24.7 Å². The average Bonchev–Trinajstić information content (AvgIpc) is 2.57. The molecule has 28 heavy (non-hydrogen) atoms. The number of anilines is 2. The third-order valence-electron chi connectivity index (χ3n) is 3.42. The normalized spacial score (nSPS) is 9.79. The lowest BCUT2D eigenvalue weighted by molar-refractivity contribution is 1.05. The second-order valence-electron chi connectivity index (χ2n) is 5.24. The van der Waals surface area contributed by atoms with Gasteiger partial charge in [0.25, 0.3) is 0 Å². The fourth-order valence-electron chi connectivity index (χ4n) is 2.06. The van der Waals surface area contributed by atoms with Crippen LogP contribution in [0.1, 0.15) is 26.2 Å². The summed E-state index contributed by atoms with van der Waals surface area (Å²) in [5, 5.41) is 0.553. The van der Waals surface area contributed by atoms with Crippen molar-refractivity contribution in [2.75, 3.05) is 11.5 Å². The second-order valence-corrected chi connectivity index (χ2v) is 5.62. The van der Waals surface area contributed by atoms with E-state index in [0.717, 1.165) is 11.4 Å². The summed E-state index contributed by atoms with van der Waals surface area (Å²) < 4.78 is 0.326. The first-order chi connectivity index (χ1) is 12.3. The maximum atomic E-state index is 10.8. The van der Waals surface area contributed by atoms with Crippen molar-refractivity contribution in [2.45, 2.75) is 28.7 Å². The van der Waals surface area contributed by atoms with Crippen molar-refractivity contribution in [3.8, 4) is 0 Å². The summed E-state index contributed by atoms with van der Waals surface area (Å²) in [6, 6.07) is 0. The topological polar surface area (TPSA) is 178 Å². The predicted octanol–water partition coefficient (Wildman–Crippen LogP) is 1.85. The Morgan fingerprint density at radius 3 is 2.32 bits per heavy atom. The molecule has 11 nitrogen and oxygen atoms in total. The molecular formula is C16H22N10OS. The van der Waals surface area contributed by atoms with Crippen molar-refractivity contribution in [1.29, 1.82) is 0 Å². The van der Waals surface area contributed by atoms with Crippen LogP contribution in [0.15, 0.2) is 17.3 Å². The third-order valence-corrected chi connectivity index (χ3v) is 3.62. The highest BCUT2D eigenvalue weighted by atomic mass is 32.1. The van der Waals surface area contributed by atoms with Gasteiger partial charge in [0.15, 0.2) is 11.3 Å². The number of nitrogens with zero attached hydrogens (tertiary/aromatic N) is 6. The third kappa shape index (κ3) is 4.59. The molecule has 0 unspecified atom stereocenters. The molecule has 4 rings (SSSR count). The first kappa shape index (κ1) is 22.5. The number of nitrogen functional groups attached to an aromatic ring is 2. The van der Waals surface area contributed by atoms with Gasteiger partial charge in [0.05, 0.1) is 16.8 Å². The lowest BCUT2D eigenvalue weighted by Crippen LogP contribution is -2.13. The highest BCUT2D eigenvalue weighted by molar-refractivity contribution is 7.71. The number of aromatic nitrogens is 8. The standard InChI is InChI=1S/C8H9N5S.C6H5N5O.2CH4/c1-3-4(2)11-7-5(10-3)6(9)12-8(14)13-7;7-4-3-1-8-2-9-5(3)11-6(12)10-4;;/h1-2H3,(H3,9,11,12,13,14);1-2H,(H3,7,8,9,10,11,12);2*1H4. The quantitative estimate of drug-likeness (QED) is 0.317. The molecule has 0 saturated carbocycles. The van der Waals surface area contributed by atoms with Crippen LogP contribution in [0.4, 0.5) is 11.6 Å². The Bertz CT molecular complexity index is 1230. The molecule has 0 radical (unpaired) electrons. The van der Waals surface area contributed by atoms with Gasteiger partial charge in [-0.1, -0.05) is 14.9 Å². The van der Waals surface area contributed by atoms with Crippen molar-refractivity contribution >= 4 is 46.1 Å². The molecule has 4 heterocycles. The molecule has 0 atom stereocenters. The highest BCUT2D eigenvalue weighted by Gasteiger charge is 2.05. The zero-order valence-electron chi connectivity index (χ0n) is 13.8. The van der Waals surface area contributed by atoms with Crippen molar-refractivity contribution in [3.63, 3.8) is 0 Å². The molecule has 0 aromatic carbocycles. The first-order valence-corrected chi connectivity index (χ1v) is 7.72. The summed E-state index contributed by atoms with van der Waals surface area (Å²) in [6.07, 6.45) is 2.81. The van der Waals surface area contributed by atoms with Crippen molar-refractivity contribution in [1.82, 2.24) is 39.9 Å². The van der Waals surface area contributed by atoms with E-state index in [1.165, 1.54) is 12.5 Å². The number of nitrogens with one attached hydrogen (secondary N) is 2. The van der Waals surface area contributed by atoms with Crippen molar-refractivity contribution in [2.24, 2.45) is 0 Å². The molecule has 4 aromatic rings. The Morgan fingerprint density at radius 1 is 0.929 bits per heavy atom. The van der Waals surface area contributed by atoms with Gasteiger partial charge in [-0.2, -0.15) is 9.97 Å². The lowest BCUT2D eigenvalue weighted by Gasteiger charge is -2.03. The summed E-state index contributed by atoms with van der Waals surface area (Å²) in [5.41, 5.74) is 13.8. The van der Waals surface area contributed by atoms with Crippen LogP contribution in [-0.2, 0) is 0 Å². The number of hydrogen-bond acceptors (Lipinski definition) is 10. The molecule has 0 fully saturated rings. The smallest absolute Gasteiger partial charge is 0.348 e. The minimum Gasteiger partial charge on any atom is -0.384 e. The Morgan fingerprint density at radius 2 is 1.61 bits per heavy atom. The van der Waals surface area contributed by atoms with Gasteiger partial charge in [0, 0.05) is 6.20 Å². The Labute approximate surface area is 165 Å². The van der Waals surface area contributed by atoms with Gasteiger partial charge in [-0.15, -0.1) is 0 Å². The van der Waals surface area contributed by atoms with Gasteiger partial charge in [-0.3, -0.25) is 4.98 Å². The Balaban J connectivity index is 0.000000264. The Kier molecular flexibility index (Phi) is 7.15. The minimum atomic E-state index is -0.501. The summed E-state index contributed by atoms with van der Waals surface area (Å²) in [7, 11) is 0. The van der Waals surface area contributed by atoms with Gasteiger partial charge >= 0.3 is 5.69 Å². The van der Waals surface area contributed by atoms with Gasteiger partial charge < -0.3 is 16.5 Å². The van der Waals surface area contributed by atoms with Crippen LogP contribution in [0.3, 0.4) is 0 Å². The van der Waals surface area contributed by atoms with Crippen LogP contribution in [0.2, 0.25) is 0 Å². The number of rotatable bonds is 0. The van der Waals surface area contributed by atoms with E-state index in [9.17, 15) is 4.79 Å². The summed E-state index contributed by atoms with van der Waals surface area (Å²) in [4.78, 5) is 39.6. The van der Waals surface area contributed by atoms with E-state index in [0.29, 0.717) is 32.8 Å². The molecule has 6 N–H and O–H groups in total. The lowest BCUT2D eigenvalue weighted by atomic mass is 10.3. The van der Waals surface area contributed by atoms with Gasteiger partial charge in [0.2, 0.25) is 4.77 Å². The van der Waals surface area contributed by atoms with E-state index in [-0.39, 0.29) is 20.7 Å². The largest absolute Gasteiger partial charge is 0.384 e. The molecule has 12 heteroatoms. The SMILES string of the molecule is C.C.Cc1nc2nc(=S)[nH]c(N)c2nc1C.Nc1[nH]c(=O)nc2ncncc12. The molecule has 0 aliphatic rings. The van der Waals surface area contributed by atoms with Gasteiger partial charge in [0.1, 0.15) is 23.5 Å². The van der Waals surface area contributed by atoms with Crippen LogP contribution >= 0.6 is 12.2 Å².